The van der Waals surface area contributed by atoms with Crippen LogP contribution in [0.3, 0.4) is 0 Å². The largest absolute Gasteiger partial charge is 0.493 e. The Morgan fingerprint density at radius 1 is 1.09 bits per heavy atom. The summed E-state index contributed by atoms with van der Waals surface area (Å²) < 4.78 is 16.0. The Balaban J connectivity index is 0.000000283. The molecule has 0 radical (unpaired) electrons. The fourth-order valence-electron chi connectivity index (χ4n) is 4.05. The minimum Gasteiger partial charge on any atom is -0.493 e. The van der Waals surface area contributed by atoms with Gasteiger partial charge in [0.15, 0.2) is 11.5 Å². The predicted molar refractivity (Wildman–Crippen MR) is 138 cm³/mol. The summed E-state index contributed by atoms with van der Waals surface area (Å²) in [5.74, 6) is 2.08. The van der Waals surface area contributed by atoms with Gasteiger partial charge < -0.3 is 24.4 Å². The second-order valence-electron chi connectivity index (χ2n) is 8.79. The first-order valence-electron chi connectivity index (χ1n) is 12.4. The molecule has 1 amide bonds. The highest BCUT2D eigenvalue weighted by Crippen LogP contribution is 2.29. The van der Waals surface area contributed by atoms with Crippen molar-refractivity contribution in [3.8, 4) is 11.5 Å². The average molecular weight is 471 g/mol. The van der Waals surface area contributed by atoms with Gasteiger partial charge in [-0.1, -0.05) is 30.3 Å². The highest BCUT2D eigenvalue weighted by atomic mass is 16.5. The van der Waals surface area contributed by atoms with E-state index >= 15 is 0 Å². The summed E-state index contributed by atoms with van der Waals surface area (Å²) in [6.45, 7) is 10.2. The zero-order valence-corrected chi connectivity index (χ0v) is 21.5. The average Bonchev–Trinajstić information content (AvgIpc) is 3.36. The highest BCUT2D eigenvalue weighted by Gasteiger charge is 2.19. The first-order valence-corrected chi connectivity index (χ1v) is 12.4. The molecule has 0 aromatic heterocycles. The fourth-order valence-corrected chi connectivity index (χ4v) is 4.05. The maximum Gasteiger partial charge on any atom is 0.254 e. The molecule has 1 aliphatic rings. The first kappa shape index (κ1) is 27.7. The first-order chi connectivity index (χ1) is 16.5. The second-order valence-corrected chi connectivity index (χ2v) is 8.79. The van der Waals surface area contributed by atoms with Crippen molar-refractivity contribution in [1.82, 2.24) is 10.2 Å². The zero-order chi connectivity index (χ0) is 24.8. The Hall–Kier alpha value is -2.57. The van der Waals surface area contributed by atoms with Crippen LogP contribution in [0.2, 0.25) is 0 Å². The lowest BCUT2D eigenvalue weighted by molar-refractivity contribution is 0.0716. The Morgan fingerprint density at radius 3 is 2.44 bits per heavy atom. The van der Waals surface area contributed by atoms with E-state index in [0.29, 0.717) is 36.8 Å². The van der Waals surface area contributed by atoms with Crippen molar-refractivity contribution in [1.29, 1.82) is 0 Å². The van der Waals surface area contributed by atoms with E-state index < -0.39 is 0 Å². The van der Waals surface area contributed by atoms with Gasteiger partial charge in [-0.2, -0.15) is 0 Å². The van der Waals surface area contributed by atoms with Gasteiger partial charge in [0.2, 0.25) is 0 Å². The van der Waals surface area contributed by atoms with Gasteiger partial charge in [-0.3, -0.25) is 4.79 Å². The minimum absolute atomic E-state index is 0.00175. The molecular weight excluding hydrogens is 428 g/mol. The number of nitrogens with zero attached hydrogens (tertiary/aromatic N) is 1. The van der Waals surface area contributed by atoms with E-state index in [1.807, 2.05) is 25.7 Å². The number of ether oxygens (including phenoxy) is 3. The Kier molecular flexibility index (Phi) is 12.5. The van der Waals surface area contributed by atoms with Crippen LogP contribution in [0.1, 0.15) is 49.5 Å². The van der Waals surface area contributed by atoms with E-state index in [-0.39, 0.29) is 11.9 Å². The molecule has 1 atom stereocenters. The third kappa shape index (κ3) is 8.99. The second kappa shape index (κ2) is 15.4. The topological polar surface area (TPSA) is 60.0 Å². The summed E-state index contributed by atoms with van der Waals surface area (Å²) in [4.78, 5) is 14.4. The van der Waals surface area contributed by atoms with Crippen molar-refractivity contribution in [2.45, 2.75) is 46.1 Å². The lowest BCUT2D eigenvalue weighted by atomic mass is 9.99. The van der Waals surface area contributed by atoms with E-state index in [2.05, 4.69) is 35.6 Å². The van der Waals surface area contributed by atoms with Crippen LogP contribution in [0.15, 0.2) is 48.5 Å². The summed E-state index contributed by atoms with van der Waals surface area (Å²) in [6.07, 6.45) is 3.37. The predicted octanol–water partition coefficient (Wildman–Crippen LogP) is 4.82. The van der Waals surface area contributed by atoms with Gasteiger partial charge in [-0.15, -0.1) is 0 Å². The van der Waals surface area contributed by atoms with E-state index in [9.17, 15) is 4.79 Å². The van der Waals surface area contributed by atoms with Crippen LogP contribution in [0.25, 0.3) is 0 Å². The number of amides is 1. The Morgan fingerprint density at radius 2 is 1.85 bits per heavy atom. The molecule has 2 aromatic carbocycles. The number of carbonyl (C=O) groups is 1. The molecule has 6 nitrogen and oxygen atoms in total. The molecule has 0 spiro atoms. The Labute approximate surface area is 205 Å². The van der Waals surface area contributed by atoms with E-state index in [1.54, 1.807) is 32.4 Å². The van der Waals surface area contributed by atoms with Crippen LogP contribution in [0.4, 0.5) is 0 Å². The number of nitrogens with one attached hydrogen (secondary N) is 1. The van der Waals surface area contributed by atoms with Gasteiger partial charge in [-0.05, 0) is 76.4 Å². The molecule has 188 valence electrons. The summed E-state index contributed by atoms with van der Waals surface area (Å²) in [5.41, 5.74) is 2.09. The molecule has 1 N–H and O–H groups in total. The van der Waals surface area contributed by atoms with Crippen molar-refractivity contribution in [2.75, 3.05) is 47.1 Å². The molecule has 6 heteroatoms. The molecule has 3 rings (SSSR count). The van der Waals surface area contributed by atoms with Gasteiger partial charge in [0.05, 0.1) is 13.7 Å². The van der Waals surface area contributed by atoms with Crippen molar-refractivity contribution in [3.05, 3.63) is 59.7 Å². The molecule has 0 saturated carbocycles. The van der Waals surface area contributed by atoms with Crippen LogP contribution in [0, 0.1) is 5.92 Å². The summed E-state index contributed by atoms with van der Waals surface area (Å²) in [5, 5.41) is 3.39. The lowest BCUT2D eigenvalue weighted by Crippen LogP contribution is -2.36. The SMILES string of the molecule is CCN(C(=O)c1ccc(OC)c(OCCCOC)c1)C(C)C.c1ccc(CC2CCNC2)cc1. The molecule has 2 aromatic rings. The molecule has 1 aliphatic heterocycles. The summed E-state index contributed by atoms with van der Waals surface area (Å²) in [7, 11) is 3.25. The number of benzene rings is 2. The maximum absolute atomic E-state index is 12.6. The molecule has 1 unspecified atom stereocenters. The third-order valence-electron chi connectivity index (χ3n) is 5.92. The molecule has 34 heavy (non-hydrogen) atoms. The lowest BCUT2D eigenvalue weighted by Gasteiger charge is -2.25. The van der Waals surface area contributed by atoms with Crippen molar-refractivity contribution in [3.63, 3.8) is 0 Å². The molecule has 0 aliphatic carbocycles. The van der Waals surface area contributed by atoms with E-state index in [1.165, 1.54) is 31.5 Å². The van der Waals surface area contributed by atoms with Gasteiger partial charge in [0.1, 0.15) is 0 Å². The van der Waals surface area contributed by atoms with Gasteiger partial charge in [0.25, 0.3) is 5.91 Å². The van der Waals surface area contributed by atoms with Crippen LogP contribution in [-0.4, -0.2) is 63.9 Å². The van der Waals surface area contributed by atoms with Crippen molar-refractivity contribution >= 4 is 5.91 Å². The Bertz CT molecular complexity index is 836. The third-order valence-corrected chi connectivity index (χ3v) is 5.92. The summed E-state index contributed by atoms with van der Waals surface area (Å²) >= 11 is 0. The summed E-state index contributed by atoms with van der Waals surface area (Å²) in [6, 6.07) is 16.2. The van der Waals surface area contributed by atoms with Gasteiger partial charge in [-0.25, -0.2) is 0 Å². The molecular formula is C28H42N2O4. The van der Waals surface area contributed by atoms with Crippen LogP contribution in [-0.2, 0) is 11.2 Å². The maximum atomic E-state index is 12.6. The quantitative estimate of drug-likeness (QED) is 0.477. The molecule has 1 fully saturated rings. The van der Waals surface area contributed by atoms with E-state index in [4.69, 9.17) is 14.2 Å². The number of rotatable bonds is 11. The monoisotopic (exact) mass is 470 g/mol. The fraction of sp³-hybridized carbons (Fsp3) is 0.536. The molecule has 0 bridgehead atoms. The van der Waals surface area contributed by atoms with Crippen LogP contribution < -0.4 is 14.8 Å². The molecule has 1 heterocycles. The van der Waals surface area contributed by atoms with Crippen LogP contribution >= 0.6 is 0 Å². The number of methoxy groups -OCH3 is 2. The smallest absolute Gasteiger partial charge is 0.254 e. The number of hydrogen-bond acceptors (Lipinski definition) is 5. The minimum atomic E-state index is 0.00175. The van der Waals surface area contributed by atoms with Crippen LogP contribution in [0.5, 0.6) is 11.5 Å². The zero-order valence-electron chi connectivity index (χ0n) is 21.5. The number of hydrogen-bond donors (Lipinski definition) is 1. The van der Waals surface area contributed by atoms with Gasteiger partial charge >= 0.3 is 0 Å². The highest BCUT2D eigenvalue weighted by molar-refractivity contribution is 5.95. The standard InChI is InChI=1S/C17H27NO4.C11H15N/c1-6-18(13(2)3)17(19)14-8-9-15(21-5)16(12-14)22-11-7-10-20-4;1-2-4-10(5-3-1)8-11-6-7-12-9-11/h8-9,12-13H,6-7,10-11H2,1-5H3;1-5,11-12H,6-9H2. The number of carbonyl (C=O) groups excluding carboxylic acids is 1. The normalized spacial score (nSPS) is 14.9. The van der Waals surface area contributed by atoms with Crippen molar-refractivity contribution in [2.24, 2.45) is 5.92 Å². The molecule has 1 saturated heterocycles. The van der Waals surface area contributed by atoms with Gasteiger partial charge in [0, 0.05) is 38.3 Å². The van der Waals surface area contributed by atoms with E-state index in [0.717, 1.165) is 12.3 Å². The van der Waals surface area contributed by atoms with Crippen molar-refractivity contribution < 1.29 is 19.0 Å².